The number of rotatable bonds is 2. The van der Waals surface area contributed by atoms with Crippen molar-refractivity contribution in [1.29, 1.82) is 0 Å². The molecule has 1 amide bonds. The first-order valence-corrected chi connectivity index (χ1v) is 5.03. The summed E-state index contributed by atoms with van der Waals surface area (Å²) in [6, 6.07) is 5.59. The molecule has 0 radical (unpaired) electrons. The molecule has 0 atom stereocenters. The standard InChI is InChI=1S/C10H11FN2O2S/c1-2-15-10(14)13-9(16)12-8-5-3-7(11)4-6-8/h3-6H,2H2,1H3,(H2,12,13,14,16). The van der Waals surface area contributed by atoms with Crippen molar-refractivity contribution in [2.24, 2.45) is 0 Å². The second-order valence-electron chi connectivity index (χ2n) is 2.81. The molecule has 0 bridgehead atoms. The number of benzene rings is 1. The Morgan fingerprint density at radius 1 is 1.44 bits per heavy atom. The number of amides is 1. The molecule has 16 heavy (non-hydrogen) atoms. The molecule has 0 spiro atoms. The Kier molecular flexibility index (Phi) is 4.65. The summed E-state index contributed by atoms with van der Waals surface area (Å²) >= 11 is 4.84. The van der Waals surface area contributed by atoms with Crippen molar-refractivity contribution in [3.05, 3.63) is 30.1 Å². The first-order valence-electron chi connectivity index (χ1n) is 4.62. The van der Waals surface area contributed by atoms with E-state index in [4.69, 9.17) is 12.2 Å². The van der Waals surface area contributed by atoms with Crippen molar-refractivity contribution in [1.82, 2.24) is 5.32 Å². The van der Waals surface area contributed by atoms with E-state index in [9.17, 15) is 9.18 Å². The molecular formula is C10H11FN2O2S. The van der Waals surface area contributed by atoms with E-state index in [1.165, 1.54) is 24.3 Å². The van der Waals surface area contributed by atoms with Crippen LogP contribution in [0.3, 0.4) is 0 Å². The number of hydrogen-bond acceptors (Lipinski definition) is 3. The van der Waals surface area contributed by atoms with E-state index >= 15 is 0 Å². The Bertz CT molecular complexity index is 381. The summed E-state index contributed by atoms with van der Waals surface area (Å²) in [6.45, 7) is 1.96. The van der Waals surface area contributed by atoms with E-state index < -0.39 is 6.09 Å². The maximum Gasteiger partial charge on any atom is 0.413 e. The number of anilines is 1. The van der Waals surface area contributed by atoms with Crippen molar-refractivity contribution < 1.29 is 13.9 Å². The zero-order valence-electron chi connectivity index (χ0n) is 8.62. The Morgan fingerprint density at radius 2 is 2.06 bits per heavy atom. The van der Waals surface area contributed by atoms with Gasteiger partial charge in [-0.1, -0.05) is 0 Å². The van der Waals surface area contributed by atoms with Crippen LogP contribution in [-0.2, 0) is 4.74 Å². The van der Waals surface area contributed by atoms with Crippen LogP contribution in [0.15, 0.2) is 24.3 Å². The van der Waals surface area contributed by atoms with Crippen molar-refractivity contribution in [3.8, 4) is 0 Å². The third-order valence-electron chi connectivity index (χ3n) is 1.59. The van der Waals surface area contributed by atoms with Gasteiger partial charge in [-0.3, -0.25) is 5.32 Å². The summed E-state index contributed by atoms with van der Waals surface area (Å²) in [5.41, 5.74) is 0.586. The lowest BCUT2D eigenvalue weighted by molar-refractivity contribution is 0.158. The van der Waals surface area contributed by atoms with Gasteiger partial charge < -0.3 is 10.1 Å². The molecular weight excluding hydrogens is 231 g/mol. The highest BCUT2D eigenvalue weighted by molar-refractivity contribution is 7.80. The fourth-order valence-corrected chi connectivity index (χ4v) is 1.16. The highest BCUT2D eigenvalue weighted by Crippen LogP contribution is 2.07. The molecule has 1 aromatic carbocycles. The van der Waals surface area contributed by atoms with Gasteiger partial charge in [-0.25, -0.2) is 9.18 Å². The lowest BCUT2D eigenvalue weighted by atomic mass is 10.3. The molecule has 0 aromatic heterocycles. The van der Waals surface area contributed by atoms with Crippen LogP contribution in [0.1, 0.15) is 6.92 Å². The monoisotopic (exact) mass is 242 g/mol. The lowest BCUT2D eigenvalue weighted by Crippen LogP contribution is -2.34. The van der Waals surface area contributed by atoms with E-state index in [0.29, 0.717) is 5.69 Å². The van der Waals surface area contributed by atoms with Crippen LogP contribution in [0.2, 0.25) is 0 Å². The Labute approximate surface area is 97.8 Å². The molecule has 0 saturated carbocycles. The molecule has 2 N–H and O–H groups in total. The number of halogens is 1. The first-order chi connectivity index (χ1) is 7.61. The summed E-state index contributed by atoms with van der Waals surface area (Å²) in [5, 5.41) is 5.12. The van der Waals surface area contributed by atoms with Gasteiger partial charge in [-0.2, -0.15) is 0 Å². The fourth-order valence-electron chi connectivity index (χ4n) is 0.955. The number of carbonyl (C=O) groups excluding carboxylic acids is 1. The highest BCUT2D eigenvalue weighted by atomic mass is 32.1. The normalized spacial score (nSPS) is 9.38. The smallest absolute Gasteiger partial charge is 0.413 e. The first kappa shape index (κ1) is 12.4. The third-order valence-corrected chi connectivity index (χ3v) is 1.80. The molecule has 0 aliphatic heterocycles. The summed E-state index contributed by atoms with van der Waals surface area (Å²) in [5.74, 6) is -0.338. The SMILES string of the molecule is CCOC(=O)NC(=S)Nc1ccc(F)cc1. The van der Waals surface area contributed by atoms with Gasteiger partial charge in [-0.05, 0) is 43.4 Å². The zero-order valence-corrected chi connectivity index (χ0v) is 9.44. The van der Waals surface area contributed by atoms with Crippen molar-refractivity contribution >= 4 is 29.1 Å². The molecule has 1 aromatic rings. The minimum atomic E-state index is -0.623. The Balaban J connectivity index is 2.45. The molecule has 0 fully saturated rings. The van der Waals surface area contributed by atoms with Gasteiger partial charge in [0.25, 0.3) is 0 Å². The molecule has 0 heterocycles. The topological polar surface area (TPSA) is 50.4 Å². The predicted molar refractivity (Wildman–Crippen MR) is 62.8 cm³/mol. The largest absolute Gasteiger partial charge is 0.450 e. The molecule has 0 aliphatic rings. The fraction of sp³-hybridized carbons (Fsp3) is 0.200. The van der Waals surface area contributed by atoms with Crippen LogP contribution in [0.5, 0.6) is 0 Å². The summed E-state index contributed by atoms with van der Waals surface area (Å²) < 4.78 is 17.2. The number of ether oxygens (including phenoxy) is 1. The highest BCUT2D eigenvalue weighted by Gasteiger charge is 2.04. The minimum absolute atomic E-state index is 0.102. The maximum atomic E-state index is 12.6. The average molecular weight is 242 g/mol. The Hall–Kier alpha value is -1.69. The number of alkyl carbamates (subject to hydrolysis) is 1. The number of carbonyl (C=O) groups is 1. The van der Waals surface area contributed by atoms with Gasteiger partial charge >= 0.3 is 6.09 Å². The third kappa shape index (κ3) is 4.22. The van der Waals surface area contributed by atoms with Gasteiger partial charge in [0.05, 0.1) is 6.61 Å². The van der Waals surface area contributed by atoms with Crippen LogP contribution in [0.4, 0.5) is 14.9 Å². The minimum Gasteiger partial charge on any atom is -0.450 e. The van der Waals surface area contributed by atoms with Gasteiger partial charge in [0.2, 0.25) is 0 Å². The van der Waals surface area contributed by atoms with Crippen LogP contribution in [-0.4, -0.2) is 17.8 Å². The number of nitrogens with one attached hydrogen (secondary N) is 2. The van der Waals surface area contributed by atoms with E-state index in [2.05, 4.69) is 15.4 Å². The van der Waals surface area contributed by atoms with E-state index in [1.807, 2.05) is 0 Å². The lowest BCUT2D eigenvalue weighted by Gasteiger charge is -2.08. The van der Waals surface area contributed by atoms with Gasteiger partial charge in [0.15, 0.2) is 5.11 Å². The maximum absolute atomic E-state index is 12.6. The van der Waals surface area contributed by atoms with Crippen molar-refractivity contribution in [3.63, 3.8) is 0 Å². The van der Waals surface area contributed by atoms with Crippen molar-refractivity contribution in [2.45, 2.75) is 6.92 Å². The van der Waals surface area contributed by atoms with Crippen LogP contribution in [0, 0.1) is 5.82 Å². The summed E-state index contributed by atoms with van der Waals surface area (Å²) in [7, 11) is 0. The molecule has 6 heteroatoms. The molecule has 0 unspecified atom stereocenters. The van der Waals surface area contributed by atoms with Crippen LogP contribution in [0.25, 0.3) is 0 Å². The van der Waals surface area contributed by atoms with Gasteiger partial charge in [-0.15, -0.1) is 0 Å². The Morgan fingerprint density at radius 3 is 2.62 bits per heavy atom. The van der Waals surface area contributed by atoms with Crippen LogP contribution < -0.4 is 10.6 Å². The molecule has 0 aliphatic carbocycles. The zero-order chi connectivity index (χ0) is 12.0. The number of thiocarbonyl (C=S) groups is 1. The molecule has 86 valence electrons. The quantitative estimate of drug-likeness (QED) is 0.781. The second kappa shape index (κ2) is 6.02. The molecule has 4 nitrogen and oxygen atoms in total. The summed E-state index contributed by atoms with van der Waals surface area (Å²) in [4.78, 5) is 11.0. The molecule has 0 saturated heterocycles. The van der Waals surface area contributed by atoms with Gasteiger partial charge in [0.1, 0.15) is 5.82 Å². The average Bonchev–Trinajstić information content (AvgIpc) is 2.21. The summed E-state index contributed by atoms with van der Waals surface area (Å²) in [6.07, 6.45) is -0.623. The van der Waals surface area contributed by atoms with E-state index in [-0.39, 0.29) is 17.5 Å². The van der Waals surface area contributed by atoms with E-state index in [0.717, 1.165) is 0 Å². The number of hydrogen-bond donors (Lipinski definition) is 2. The predicted octanol–water partition coefficient (Wildman–Crippen LogP) is 2.27. The molecule has 1 rings (SSSR count). The second-order valence-corrected chi connectivity index (χ2v) is 3.21. The van der Waals surface area contributed by atoms with Gasteiger partial charge in [0, 0.05) is 5.69 Å². The van der Waals surface area contributed by atoms with Crippen molar-refractivity contribution in [2.75, 3.05) is 11.9 Å². The van der Waals surface area contributed by atoms with Crippen LogP contribution >= 0.6 is 12.2 Å². The van der Waals surface area contributed by atoms with E-state index in [1.54, 1.807) is 6.92 Å².